The van der Waals surface area contributed by atoms with Gasteiger partial charge >= 0.3 is 0 Å². The second-order valence-corrected chi connectivity index (χ2v) is 1.96. The molecule has 0 fully saturated rings. The van der Waals surface area contributed by atoms with Gasteiger partial charge in [-0.3, -0.25) is 10.1 Å². The fraction of sp³-hybridized carbons (Fsp3) is 0.833. The van der Waals surface area contributed by atoms with Crippen LogP contribution in [-0.4, -0.2) is 18.6 Å². The molecule has 0 aliphatic heterocycles. The Labute approximate surface area is 54.4 Å². The minimum absolute atomic E-state index is 0.0360. The first-order chi connectivity index (χ1) is 4.16. The lowest BCUT2D eigenvalue weighted by molar-refractivity contribution is -0.116. The first-order valence-corrected chi connectivity index (χ1v) is 3.03. The molecule has 0 amide bonds. The van der Waals surface area contributed by atoms with Crippen molar-refractivity contribution < 1.29 is 9.18 Å². The van der Waals surface area contributed by atoms with Gasteiger partial charge in [0.25, 0.3) is 0 Å². The molecular weight excluding hydrogens is 121 g/mol. The van der Waals surface area contributed by atoms with Crippen LogP contribution in [0.3, 0.4) is 0 Å². The zero-order chi connectivity index (χ0) is 7.28. The number of Topliss-reactive ketones (excluding diaryl/α,β-unsaturated/α-hetero) is 1. The highest BCUT2D eigenvalue weighted by atomic mass is 19.1. The number of carbonyl (C=O) groups is 1. The summed E-state index contributed by atoms with van der Waals surface area (Å²) < 4.78 is 12.2. The molecule has 0 saturated heterocycles. The summed E-state index contributed by atoms with van der Waals surface area (Å²) in [7, 11) is 0. The van der Waals surface area contributed by atoms with E-state index in [-0.39, 0.29) is 12.3 Å². The highest BCUT2D eigenvalue weighted by Gasteiger charge is 2.00. The summed E-state index contributed by atoms with van der Waals surface area (Å²) in [5.74, 6) is -0.0360. The standard InChI is InChI=1S/C6H12FNO/c1-3-6(7)8-4-5(2)9/h6,8H,3-4H2,1-2H3. The van der Waals surface area contributed by atoms with Crippen molar-refractivity contribution in [2.75, 3.05) is 6.54 Å². The normalized spacial score (nSPS) is 13.2. The monoisotopic (exact) mass is 133 g/mol. The van der Waals surface area contributed by atoms with Crippen molar-refractivity contribution in [3.05, 3.63) is 0 Å². The lowest BCUT2D eigenvalue weighted by atomic mass is 10.4. The minimum Gasteiger partial charge on any atom is -0.299 e. The van der Waals surface area contributed by atoms with Crippen LogP contribution in [0.4, 0.5) is 4.39 Å². The van der Waals surface area contributed by atoms with Crippen molar-refractivity contribution in [1.29, 1.82) is 0 Å². The van der Waals surface area contributed by atoms with Crippen LogP contribution in [0.15, 0.2) is 0 Å². The molecule has 0 aromatic carbocycles. The van der Waals surface area contributed by atoms with Crippen molar-refractivity contribution in [2.45, 2.75) is 26.6 Å². The van der Waals surface area contributed by atoms with Crippen LogP contribution >= 0.6 is 0 Å². The van der Waals surface area contributed by atoms with Gasteiger partial charge in [-0.1, -0.05) is 6.92 Å². The van der Waals surface area contributed by atoms with Gasteiger partial charge in [0.2, 0.25) is 0 Å². The molecule has 0 heterocycles. The number of hydrogen-bond donors (Lipinski definition) is 1. The van der Waals surface area contributed by atoms with Gasteiger partial charge in [-0.05, 0) is 13.3 Å². The van der Waals surface area contributed by atoms with Gasteiger partial charge in [0, 0.05) is 0 Å². The van der Waals surface area contributed by atoms with Crippen molar-refractivity contribution in [1.82, 2.24) is 5.32 Å². The molecule has 0 radical (unpaired) electrons. The third kappa shape index (κ3) is 5.43. The van der Waals surface area contributed by atoms with E-state index in [0.29, 0.717) is 6.42 Å². The summed E-state index contributed by atoms with van der Waals surface area (Å²) in [5.41, 5.74) is 0. The fourth-order valence-corrected chi connectivity index (χ4v) is 0.399. The van der Waals surface area contributed by atoms with Gasteiger partial charge in [-0.2, -0.15) is 0 Å². The van der Waals surface area contributed by atoms with Gasteiger partial charge < -0.3 is 0 Å². The zero-order valence-corrected chi connectivity index (χ0v) is 5.78. The summed E-state index contributed by atoms with van der Waals surface area (Å²) in [5, 5.41) is 2.42. The SMILES string of the molecule is CCC(F)NCC(C)=O. The number of rotatable bonds is 4. The fourth-order valence-electron chi connectivity index (χ4n) is 0.399. The van der Waals surface area contributed by atoms with E-state index in [9.17, 15) is 9.18 Å². The molecular formula is C6H12FNO. The predicted molar refractivity (Wildman–Crippen MR) is 33.9 cm³/mol. The second kappa shape index (κ2) is 4.44. The minimum atomic E-state index is -1.03. The summed E-state index contributed by atoms with van der Waals surface area (Å²) in [6.07, 6.45) is -0.623. The average Bonchev–Trinajstić information content (AvgIpc) is 1.83. The van der Waals surface area contributed by atoms with E-state index in [1.807, 2.05) is 0 Å². The molecule has 0 aromatic heterocycles. The number of halogens is 1. The maximum Gasteiger partial charge on any atom is 0.151 e. The van der Waals surface area contributed by atoms with Crippen molar-refractivity contribution in [3.63, 3.8) is 0 Å². The molecule has 54 valence electrons. The number of nitrogens with one attached hydrogen (secondary N) is 1. The Morgan fingerprint density at radius 2 is 2.33 bits per heavy atom. The summed E-state index contributed by atoms with van der Waals surface area (Å²) >= 11 is 0. The Morgan fingerprint density at radius 1 is 1.78 bits per heavy atom. The Hall–Kier alpha value is -0.440. The quantitative estimate of drug-likeness (QED) is 0.576. The lowest BCUT2D eigenvalue weighted by Gasteiger charge is -2.03. The van der Waals surface area contributed by atoms with Gasteiger partial charge in [0.15, 0.2) is 6.30 Å². The molecule has 0 saturated carbocycles. The van der Waals surface area contributed by atoms with Crippen LogP contribution in [-0.2, 0) is 4.79 Å². The molecule has 0 aromatic rings. The zero-order valence-electron chi connectivity index (χ0n) is 5.78. The van der Waals surface area contributed by atoms with E-state index in [1.54, 1.807) is 6.92 Å². The molecule has 0 spiro atoms. The molecule has 0 aliphatic carbocycles. The molecule has 1 atom stereocenters. The second-order valence-electron chi connectivity index (χ2n) is 1.96. The van der Waals surface area contributed by atoms with Crippen LogP contribution in [0.5, 0.6) is 0 Å². The maximum atomic E-state index is 12.2. The van der Waals surface area contributed by atoms with Crippen LogP contribution in [0, 0.1) is 0 Å². The van der Waals surface area contributed by atoms with E-state index in [2.05, 4.69) is 5.32 Å². The third-order valence-corrected chi connectivity index (χ3v) is 0.931. The van der Waals surface area contributed by atoms with E-state index < -0.39 is 6.30 Å². The van der Waals surface area contributed by atoms with E-state index in [4.69, 9.17) is 0 Å². The summed E-state index contributed by atoms with van der Waals surface area (Å²) in [6.45, 7) is 3.28. The number of alkyl halides is 1. The van der Waals surface area contributed by atoms with Crippen molar-refractivity contribution in [3.8, 4) is 0 Å². The van der Waals surface area contributed by atoms with E-state index in [0.717, 1.165) is 0 Å². The number of ketones is 1. The summed E-state index contributed by atoms with van der Waals surface area (Å²) in [4.78, 5) is 10.2. The molecule has 1 unspecified atom stereocenters. The topological polar surface area (TPSA) is 29.1 Å². The first-order valence-electron chi connectivity index (χ1n) is 3.03. The van der Waals surface area contributed by atoms with Crippen LogP contribution in [0.25, 0.3) is 0 Å². The van der Waals surface area contributed by atoms with E-state index >= 15 is 0 Å². The Balaban J connectivity index is 3.16. The Morgan fingerprint density at radius 3 is 2.67 bits per heavy atom. The molecule has 9 heavy (non-hydrogen) atoms. The Bertz CT molecular complexity index is 95.1. The predicted octanol–water partition coefficient (Wildman–Crippen LogP) is 0.871. The van der Waals surface area contributed by atoms with Gasteiger partial charge in [0.05, 0.1) is 6.54 Å². The highest BCUT2D eigenvalue weighted by molar-refractivity contribution is 5.77. The van der Waals surface area contributed by atoms with Gasteiger partial charge in [-0.25, -0.2) is 4.39 Å². The van der Waals surface area contributed by atoms with Gasteiger partial charge in [-0.15, -0.1) is 0 Å². The molecule has 2 nitrogen and oxygen atoms in total. The molecule has 1 N–H and O–H groups in total. The lowest BCUT2D eigenvalue weighted by Crippen LogP contribution is -2.28. The maximum absolute atomic E-state index is 12.2. The summed E-state index contributed by atoms with van der Waals surface area (Å²) in [6, 6.07) is 0. The average molecular weight is 133 g/mol. The third-order valence-electron chi connectivity index (χ3n) is 0.931. The highest BCUT2D eigenvalue weighted by Crippen LogP contribution is 1.89. The molecule has 0 aliphatic rings. The van der Waals surface area contributed by atoms with Crippen LogP contribution in [0.1, 0.15) is 20.3 Å². The van der Waals surface area contributed by atoms with Crippen molar-refractivity contribution in [2.24, 2.45) is 0 Å². The van der Waals surface area contributed by atoms with Crippen LogP contribution < -0.4 is 5.32 Å². The molecule has 0 bridgehead atoms. The van der Waals surface area contributed by atoms with Crippen molar-refractivity contribution >= 4 is 5.78 Å². The largest absolute Gasteiger partial charge is 0.299 e. The van der Waals surface area contributed by atoms with Gasteiger partial charge in [0.1, 0.15) is 5.78 Å². The number of carbonyl (C=O) groups excluding carboxylic acids is 1. The molecule has 0 rings (SSSR count). The molecule has 3 heteroatoms. The number of hydrogen-bond acceptors (Lipinski definition) is 2. The first kappa shape index (κ1) is 8.56. The van der Waals surface area contributed by atoms with E-state index in [1.165, 1.54) is 6.92 Å². The van der Waals surface area contributed by atoms with Crippen LogP contribution in [0.2, 0.25) is 0 Å². The smallest absolute Gasteiger partial charge is 0.151 e. The Kier molecular flexibility index (Phi) is 4.22.